The summed E-state index contributed by atoms with van der Waals surface area (Å²) in [6.07, 6.45) is 4.21. The zero-order chi connectivity index (χ0) is 26.4. The molecule has 1 unspecified atom stereocenters. The van der Waals surface area contributed by atoms with Gasteiger partial charge < -0.3 is 15.2 Å². The summed E-state index contributed by atoms with van der Waals surface area (Å²) in [4.78, 5) is 38.4. The molecule has 4 rings (SSSR count). The number of aliphatic hydroxyl groups excluding tert-OH is 1. The second-order valence-electron chi connectivity index (χ2n) is 9.51. The van der Waals surface area contributed by atoms with Crippen molar-refractivity contribution >= 4 is 23.2 Å². The van der Waals surface area contributed by atoms with E-state index in [9.17, 15) is 19.5 Å². The third kappa shape index (κ3) is 6.19. The molecule has 37 heavy (non-hydrogen) atoms. The van der Waals surface area contributed by atoms with Crippen LogP contribution in [-0.2, 0) is 16.1 Å². The number of rotatable bonds is 10. The molecule has 8 heteroatoms. The largest absolute Gasteiger partial charge is 0.462 e. The summed E-state index contributed by atoms with van der Waals surface area (Å²) >= 11 is 0.902. The molecule has 1 saturated carbocycles. The smallest absolute Gasteiger partial charge is 0.350 e. The first kappa shape index (κ1) is 26.8. The standard InChI is InChI=1S/C29H34N2O5S/c1-3-36-28(34)26-19(2)31(29(35)37-26)17-20-13-15-23(16-14-20)25(22-11-7-8-12-22)27(33)30-24(18-32)21-9-5-4-6-10-21/h4-6,9-10,13-16,22,24-25,32H,3,7-8,11-12,17-18H2,1-2H3,(H,30,33)/t24-,25?/m0/s1. The molecule has 2 atom stereocenters. The first-order valence-electron chi connectivity index (χ1n) is 12.8. The lowest BCUT2D eigenvalue weighted by molar-refractivity contribution is -0.124. The van der Waals surface area contributed by atoms with Crippen LogP contribution in [0.25, 0.3) is 0 Å². The van der Waals surface area contributed by atoms with Gasteiger partial charge in [-0.1, -0.05) is 78.8 Å². The number of hydrogen-bond donors (Lipinski definition) is 2. The van der Waals surface area contributed by atoms with Crippen LogP contribution < -0.4 is 10.2 Å². The van der Waals surface area contributed by atoms with Gasteiger partial charge in [0.1, 0.15) is 4.88 Å². The maximum Gasteiger partial charge on any atom is 0.350 e. The minimum Gasteiger partial charge on any atom is -0.462 e. The zero-order valence-corrected chi connectivity index (χ0v) is 22.1. The Labute approximate surface area is 221 Å². The third-order valence-corrected chi connectivity index (χ3v) is 8.20. The van der Waals surface area contributed by atoms with E-state index in [0.717, 1.165) is 53.7 Å². The van der Waals surface area contributed by atoms with Crippen LogP contribution in [0.2, 0.25) is 0 Å². The first-order valence-corrected chi connectivity index (χ1v) is 13.7. The number of ether oxygens (including phenoxy) is 1. The van der Waals surface area contributed by atoms with Crippen molar-refractivity contribution in [2.75, 3.05) is 13.2 Å². The lowest BCUT2D eigenvalue weighted by atomic mass is 9.83. The Morgan fingerprint density at radius 3 is 2.38 bits per heavy atom. The molecular formula is C29H34N2O5S. The monoisotopic (exact) mass is 522 g/mol. The molecule has 2 N–H and O–H groups in total. The normalized spacial score (nSPS) is 15.3. The number of nitrogens with zero attached hydrogens (tertiary/aromatic N) is 1. The molecule has 196 valence electrons. The molecule has 1 amide bonds. The van der Waals surface area contributed by atoms with Crippen molar-refractivity contribution in [2.45, 2.75) is 58.0 Å². The van der Waals surface area contributed by atoms with E-state index < -0.39 is 12.0 Å². The van der Waals surface area contributed by atoms with E-state index in [4.69, 9.17) is 4.74 Å². The number of aliphatic hydroxyl groups is 1. The van der Waals surface area contributed by atoms with E-state index in [2.05, 4.69) is 5.32 Å². The van der Waals surface area contributed by atoms with Crippen molar-refractivity contribution in [3.8, 4) is 0 Å². The Balaban J connectivity index is 1.54. The van der Waals surface area contributed by atoms with E-state index in [1.807, 2.05) is 54.6 Å². The minimum absolute atomic E-state index is 0.0773. The Hall–Kier alpha value is -3.23. The Bertz CT molecular complexity index is 1260. The number of aromatic nitrogens is 1. The Morgan fingerprint density at radius 2 is 1.76 bits per heavy atom. The predicted molar refractivity (Wildman–Crippen MR) is 144 cm³/mol. The molecule has 1 aromatic heterocycles. The fourth-order valence-corrected chi connectivity index (χ4v) is 6.05. The number of carbonyl (C=O) groups is 2. The first-order chi connectivity index (χ1) is 17.9. The van der Waals surface area contributed by atoms with Gasteiger partial charge in [0.15, 0.2) is 0 Å². The predicted octanol–water partition coefficient (Wildman–Crippen LogP) is 4.57. The number of carbonyl (C=O) groups excluding carboxylic acids is 2. The van der Waals surface area contributed by atoms with Crippen molar-refractivity contribution in [3.05, 3.63) is 91.5 Å². The number of benzene rings is 2. The van der Waals surface area contributed by atoms with Crippen LogP contribution in [-0.4, -0.2) is 34.8 Å². The number of nitrogens with one attached hydrogen (secondary N) is 1. The number of hydrogen-bond acceptors (Lipinski definition) is 6. The van der Waals surface area contributed by atoms with Gasteiger partial charge in [0.05, 0.1) is 31.7 Å². The maximum atomic E-state index is 13.5. The molecule has 0 bridgehead atoms. The van der Waals surface area contributed by atoms with Crippen LogP contribution >= 0.6 is 11.3 Å². The van der Waals surface area contributed by atoms with E-state index in [1.165, 1.54) is 0 Å². The molecule has 1 fully saturated rings. The van der Waals surface area contributed by atoms with Gasteiger partial charge in [-0.05, 0) is 49.3 Å². The van der Waals surface area contributed by atoms with Gasteiger partial charge in [-0.2, -0.15) is 0 Å². The third-order valence-electron chi connectivity index (χ3n) is 7.14. The second kappa shape index (κ2) is 12.3. The highest BCUT2D eigenvalue weighted by Crippen LogP contribution is 2.38. The number of thiazole rings is 1. The van der Waals surface area contributed by atoms with Gasteiger partial charge in [0, 0.05) is 5.69 Å². The molecule has 7 nitrogen and oxygen atoms in total. The molecule has 0 radical (unpaired) electrons. The van der Waals surface area contributed by atoms with Gasteiger partial charge in [-0.15, -0.1) is 0 Å². The van der Waals surface area contributed by atoms with Crippen molar-refractivity contribution in [3.63, 3.8) is 0 Å². The van der Waals surface area contributed by atoms with Crippen molar-refractivity contribution in [1.82, 2.24) is 9.88 Å². The number of amides is 1. The molecule has 3 aromatic rings. The van der Waals surface area contributed by atoms with E-state index in [0.29, 0.717) is 17.1 Å². The lowest BCUT2D eigenvalue weighted by Gasteiger charge is -2.26. The SMILES string of the molecule is CCOC(=O)c1sc(=O)n(Cc2ccc(C(C(=O)N[C@@H](CO)c3ccccc3)C3CCCC3)cc2)c1C. The maximum absolute atomic E-state index is 13.5. The van der Waals surface area contributed by atoms with Gasteiger partial charge >= 0.3 is 10.8 Å². The summed E-state index contributed by atoms with van der Waals surface area (Å²) in [5, 5.41) is 13.0. The topological polar surface area (TPSA) is 97.6 Å². The summed E-state index contributed by atoms with van der Waals surface area (Å²) in [6.45, 7) is 3.91. The Morgan fingerprint density at radius 1 is 1.08 bits per heavy atom. The summed E-state index contributed by atoms with van der Waals surface area (Å²) in [7, 11) is 0. The van der Waals surface area contributed by atoms with Crippen LogP contribution in [0.3, 0.4) is 0 Å². The van der Waals surface area contributed by atoms with Gasteiger partial charge in [0.25, 0.3) is 0 Å². The van der Waals surface area contributed by atoms with Crippen LogP contribution in [0.5, 0.6) is 0 Å². The van der Waals surface area contributed by atoms with Crippen LogP contribution in [0.15, 0.2) is 59.4 Å². The van der Waals surface area contributed by atoms with E-state index in [1.54, 1.807) is 18.4 Å². The molecule has 1 aliphatic rings. The molecular weight excluding hydrogens is 488 g/mol. The molecule has 1 aliphatic carbocycles. The quantitative estimate of drug-likeness (QED) is 0.380. The number of esters is 1. The molecule has 0 spiro atoms. The minimum atomic E-state index is -0.474. The molecule has 2 aromatic carbocycles. The fraction of sp³-hybridized carbons (Fsp3) is 0.414. The average Bonchev–Trinajstić information content (AvgIpc) is 3.53. The van der Waals surface area contributed by atoms with Gasteiger partial charge in [-0.3, -0.25) is 14.2 Å². The van der Waals surface area contributed by atoms with E-state index >= 15 is 0 Å². The highest BCUT2D eigenvalue weighted by Gasteiger charge is 2.33. The molecule has 1 heterocycles. The Kier molecular flexibility index (Phi) is 8.95. The highest BCUT2D eigenvalue weighted by atomic mass is 32.1. The average molecular weight is 523 g/mol. The van der Waals surface area contributed by atoms with Crippen LogP contribution in [0, 0.1) is 12.8 Å². The molecule has 0 saturated heterocycles. The lowest BCUT2D eigenvalue weighted by Crippen LogP contribution is -2.37. The van der Waals surface area contributed by atoms with Crippen molar-refractivity contribution in [1.29, 1.82) is 0 Å². The second-order valence-corrected chi connectivity index (χ2v) is 10.5. The summed E-state index contributed by atoms with van der Waals surface area (Å²) < 4.78 is 6.65. The summed E-state index contributed by atoms with van der Waals surface area (Å²) in [5.41, 5.74) is 3.30. The van der Waals surface area contributed by atoms with Gasteiger partial charge in [-0.25, -0.2) is 4.79 Å². The van der Waals surface area contributed by atoms with Crippen molar-refractivity contribution in [2.24, 2.45) is 5.92 Å². The summed E-state index contributed by atoms with van der Waals surface area (Å²) in [6, 6.07) is 16.9. The van der Waals surface area contributed by atoms with Crippen molar-refractivity contribution < 1.29 is 19.4 Å². The zero-order valence-electron chi connectivity index (χ0n) is 21.3. The fourth-order valence-electron chi connectivity index (χ4n) is 5.17. The van der Waals surface area contributed by atoms with Gasteiger partial charge in [0.2, 0.25) is 5.91 Å². The highest BCUT2D eigenvalue weighted by molar-refractivity contribution is 7.11. The van der Waals surface area contributed by atoms with Crippen LogP contribution in [0.1, 0.15) is 76.6 Å². The summed E-state index contributed by atoms with van der Waals surface area (Å²) in [5.74, 6) is -0.616. The van der Waals surface area contributed by atoms with Crippen LogP contribution in [0.4, 0.5) is 0 Å². The molecule has 0 aliphatic heterocycles. The van der Waals surface area contributed by atoms with E-state index in [-0.39, 0.29) is 35.8 Å².